The third-order valence-electron chi connectivity index (χ3n) is 2.39. The highest BCUT2D eigenvalue weighted by molar-refractivity contribution is 5.89. The molecule has 0 saturated heterocycles. The molecular formula is C13H13N3O5. The molecule has 0 fully saturated rings. The van der Waals surface area contributed by atoms with E-state index < -0.39 is 18.6 Å². The van der Waals surface area contributed by atoms with Crippen molar-refractivity contribution in [1.82, 2.24) is 10.5 Å². The highest BCUT2D eigenvalue weighted by Crippen LogP contribution is 2.15. The number of aromatic nitrogens is 1. The fourth-order valence-corrected chi connectivity index (χ4v) is 1.46. The van der Waals surface area contributed by atoms with Gasteiger partial charge < -0.3 is 25.0 Å². The lowest BCUT2D eigenvalue weighted by atomic mass is 10.3. The molecule has 21 heavy (non-hydrogen) atoms. The van der Waals surface area contributed by atoms with Crippen LogP contribution in [0.15, 0.2) is 41.1 Å². The van der Waals surface area contributed by atoms with E-state index in [0.29, 0.717) is 17.2 Å². The van der Waals surface area contributed by atoms with Gasteiger partial charge in [0.15, 0.2) is 12.4 Å². The number of carboxylic acid groups (broad SMARTS) is 1. The van der Waals surface area contributed by atoms with E-state index >= 15 is 0 Å². The Morgan fingerprint density at radius 1 is 1.24 bits per heavy atom. The summed E-state index contributed by atoms with van der Waals surface area (Å²) in [4.78, 5) is 22.0. The summed E-state index contributed by atoms with van der Waals surface area (Å²) in [6.07, 6.45) is 1.49. The molecule has 0 aliphatic heterocycles. The number of carbonyl (C=O) groups is 2. The first-order valence-corrected chi connectivity index (χ1v) is 6.02. The van der Waals surface area contributed by atoms with Crippen LogP contribution in [0.5, 0.6) is 5.75 Å². The predicted molar refractivity (Wildman–Crippen MR) is 71.9 cm³/mol. The lowest BCUT2D eigenvalue weighted by Crippen LogP contribution is -2.27. The number of hydrogen-bond acceptors (Lipinski definition) is 5. The van der Waals surface area contributed by atoms with Crippen molar-refractivity contribution in [3.8, 4) is 5.75 Å². The second kappa shape index (κ2) is 6.94. The maximum atomic E-state index is 11.6. The molecule has 2 amide bonds. The Kier molecular flexibility index (Phi) is 4.75. The van der Waals surface area contributed by atoms with Crippen LogP contribution in [0, 0.1) is 0 Å². The lowest BCUT2D eigenvalue weighted by Gasteiger charge is -2.07. The highest BCUT2D eigenvalue weighted by atomic mass is 16.5. The molecule has 3 N–H and O–H groups in total. The van der Waals surface area contributed by atoms with Gasteiger partial charge >= 0.3 is 12.0 Å². The van der Waals surface area contributed by atoms with Gasteiger partial charge in [-0.15, -0.1) is 0 Å². The monoisotopic (exact) mass is 291 g/mol. The molecule has 0 saturated carbocycles. The summed E-state index contributed by atoms with van der Waals surface area (Å²) in [7, 11) is 0. The molecule has 2 rings (SSSR count). The minimum absolute atomic E-state index is 0.228. The van der Waals surface area contributed by atoms with E-state index in [1.807, 2.05) is 0 Å². The first-order chi connectivity index (χ1) is 10.1. The van der Waals surface area contributed by atoms with Crippen LogP contribution in [0.25, 0.3) is 0 Å². The molecule has 2 aromatic rings. The SMILES string of the molecule is O=C(O)COc1ccc(NC(=O)NCc2ccno2)cc1. The van der Waals surface area contributed by atoms with E-state index in [9.17, 15) is 9.59 Å². The third-order valence-corrected chi connectivity index (χ3v) is 2.39. The quantitative estimate of drug-likeness (QED) is 0.742. The summed E-state index contributed by atoms with van der Waals surface area (Å²) in [5.74, 6) is -0.100. The molecule has 0 spiro atoms. The van der Waals surface area contributed by atoms with Gasteiger partial charge in [-0.1, -0.05) is 5.16 Å². The van der Waals surface area contributed by atoms with Gasteiger partial charge in [-0.05, 0) is 24.3 Å². The van der Waals surface area contributed by atoms with Crippen molar-refractivity contribution < 1.29 is 24.0 Å². The van der Waals surface area contributed by atoms with Gasteiger partial charge in [0, 0.05) is 11.8 Å². The molecule has 8 heteroatoms. The number of nitrogens with one attached hydrogen (secondary N) is 2. The lowest BCUT2D eigenvalue weighted by molar-refractivity contribution is -0.139. The average Bonchev–Trinajstić information content (AvgIpc) is 2.98. The summed E-state index contributed by atoms with van der Waals surface area (Å²) < 4.78 is 9.82. The maximum Gasteiger partial charge on any atom is 0.341 e. The Hall–Kier alpha value is -3.03. The smallest absolute Gasteiger partial charge is 0.341 e. The number of urea groups is 1. The summed E-state index contributed by atoms with van der Waals surface area (Å²) in [5.41, 5.74) is 0.549. The third kappa shape index (κ3) is 4.86. The summed E-state index contributed by atoms with van der Waals surface area (Å²) >= 11 is 0. The Bertz CT molecular complexity index is 595. The number of hydrogen-bond donors (Lipinski definition) is 3. The molecule has 8 nitrogen and oxygen atoms in total. The molecule has 1 heterocycles. The van der Waals surface area contributed by atoms with Gasteiger partial charge in [0.1, 0.15) is 5.75 Å². The van der Waals surface area contributed by atoms with Crippen LogP contribution in [-0.2, 0) is 11.3 Å². The van der Waals surface area contributed by atoms with Gasteiger partial charge in [0.2, 0.25) is 0 Å². The van der Waals surface area contributed by atoms with E-state index in [4.69, 9.17) is 14.4 Å². The molecular weight excluding hydrogens is 278 g/mol. The number of anilines is 1. The van der Waals surface area contributed by atoms with Crippen molar-refractivity contribution in [2.75, 3.05) is 11.9 Å². The number of nitrogens with zero attached hydrogens (tertiary/aromatic N) is 1. The largest absolute Gasteiger partial charge is 0.482 e. The number of amides is 2. The topological polar surface area (TPSA) is 114 Å². The van der Waals surface area contributed by atoms with Crippen molar-refractivity contribution in [3.63, 3.8) is 0 Å². The fourth-order valence-electron chi connectivity index (χ4n) is 1.46. The Labute approximate surface area is 119 Å². The number of carbonyl (C=O) groups excluding carboxylic acids is 1. The standard InChI is InChI=1S/C13H13N3O5/c17-12(18)8-20-10-3-1-9(2-4-10)16-13(19)14-7-11-5-6-15-21-11/h1-6H,7-8H2,(H,17,18)(H2,14,16,19). The van der Waals surface area contributed by atoms with Gasteiger partial charge in [-0.2, -0.15) is 0 Å². The van der Waals surface area contributed by atoms with E-state index in [2.05, 4.69) is 15.8 Å². The average molecular weight is 291 g/mol. The van der Waals surface area contributed by atoms with E-state index in [1.165, 1.54) is 6.20 Å². The highest BCUT2D eigenvalue weighted by Gasteiger charge is 2.04. The number of carboxylic acids is 1. The van der Waals surface area contributed by atoms with Crippen LogP contribution in [0.1, 0.15) is 5.76 Å². The van der Waals surface area contributed by atoms with Crippen molar-refractivity contribution in [2.24, 2.45) is 0 Å². The number of benzene rings is 1. The summed E-state index contributed by atoms with van der Waals surface area (Å²) in [6.45, 7) is -0.184. The minimum Gasteiger partial charge on any atom is -0.482 e. The Balaban J connectivity index is 1.79. The number of rotatable bonds is 6. The van der Waals surface area contributed by atoms with Crippen molar-refractivity contribution in [2.45, 2.75) is 6.54 Å². The predicted octanol–water partition coefficient (Wildman–Crippen LogP) is 1.46. The summed E-state index contributed by atoms with van der Waals surface area (Å²) in [5, 5.41) is 17.2. The molecule has 0 aliphatic rings. The van der Waals surface area contributed by atoms with E-state index in [0.717, 1.165) is 0 Å². The molecule has 0 unspecified atom stereocenters. The van der Waals surface area contributed by atoms with Crippen molar-refractivity contribution in [1.29, 1.82) is 0 Å². The number of aliphatic carboxylic acids is 1. The zero-order chi connectivity index (χ0) is 15.1. The molecule has 110 valence electrons. The van der Waals surface area contributed by atoms with Crippen molar-refractivity contribution >= 4 is 17.7 Å². The van der Waals surface area contributed by atoms with Gasteiger partial charge in [-0.3, -0.25) is 0 Å². The van der Waals surface area contributed by atoms with Crippen LogP contribution in [0.4, 0.5) is 10.5 Å². The van der Waals surface area contributed by atoms with Gasteiger partial charge in [0.05, 0.1) is 12.7 Å². The summed E-state index contributed by atoms with van der Waals surface area (Å²) in [6, 6.07) is 7.58. The Morgan fingerprint density at radius 3 is 2.62 bits per heavy atom. The van der Waals surface area contributed by atoms with Crippen LogP contribution < -0.4 is 15.4 Å². The van der Waals surface area contributed by atoms with E-state index in [-0.39, 0.29) is 6.54 Å². The zero-order valence-corrected chi connectivity index (χ0v) is 10.9. The minimum atomic E-state index is -1.05. The molecule has 0 radical (unpaired) electrons. The van der Waals surface area contributed by atoms with Crippen LogP contribution in [-0.4, -0.2) is 28.9 Å². The second-order valence-electron chi connectivity index (χ2n) is 3.99. The van der Waals surface area contributed by atoms with Crippen LogP contribution in [0.2, 0.25) is 0 Å². The normalized spacial score (nSPS) is 9.90. The first-order valence-electron chi connectivity index (χ1n) is 6.02. The van der Waals surface area contributed by atoms with Crippen LogP contribution >= 0.6 is 0 Å². The number of ether oxygens (including phenoxy) is 1. The zero-order valence-electron chi connectivity index (χ0n) is 10.9. The molecule has 1 aromatic carbocycles. The maximum absolute atomic E-state index is 11.6. The Morgan fingerprint density at radius 2 is 2.00 bits per heavy atom. The van der Waals surface area contributed by atoms with E-state index in [1.54, 1.807) is 30.3 Å². The first kappa shape index (κ1) is 14.4. The fraction of sp³-hybridized carbons (Fsp3) is 0.154. The van der Waals surface area contributed by atoms with Gasteiger partial charge in [0.25, 0.3) is 0 Å². The molecule has 0 bridgehead atoms. The molecule has 1 aromatic heterocycles. The van der Waals surface area contributed by atoms with Crippen molar-refractivity contribution in [3.05, 3.63) is 42.3 Å². The van der Waals surface area contributed by atoms with Crippen LogP contribution in [0.3, 0.4) is 0 Å². The van der Waals surface area contributed by atoms with Gasteiger partial charge in [-0.25, -0.2) is 9.59 Å². The second-order valence-corrected chi connectivity index (χ2v) is 3.99. The molecule has 0 aliphatic carbocycles. The molecule has 0 atom stereocenters.